The van der Waals surface area contributed by atoms with Crippen LogP contribution in [0.4, 0.5) is 0 Å². The van der Waals surface area contributed by atoms with Gasteiger partial charge in [-0.2, -0.15) is 0 Å². The van der Waals surface area contributed by atoms with Crippen molar-refractivity contribution in [3.63, 3.8) is 0 Å². The monoisotopic (exact) mass is 255 g/mol. The maximum Gasteiger partial charge on any atom is 0.0468 e. The molecule has 0 amide bonds. The predicted octanol–water partition coefficient (Wildman–Crippen LogP) is 4.00. The van der Waals surface area contributed by atoms with Gasteiger partial charge in [0.05, 0.1) is 0 Å². The van der Waals surface area contributed by atoms with Gasteiger partial charge in [-0.15, -0.1) is 0 Å². The smallest absolute Gasteiger partial charge is 0.0468 e. The topological polar surface area (TPSA) is 21.3 Å². The van der Waals surface area contributed by atoms with Crippen LogP contribution in [0.15, 0.2) is 0 Å². The van der Waals surface area contributed by atoms with Crippen molar-refractivity contribution in [3.05, 3.63) is 0 Å². The average molecular weight is 255 g/mol. The lowest BCUT2D eigenvalue weighted by atomic mass is 9.82. The van der Waals surface area contributed by atoms with Crippen LogP contribution in [0.25, 0.3) is 0 Å². The predicted molar refractivity (Wildman–Crippen MR) is 78.9 cm³/mol. The first-order valence-corrected chi connectivity index (χ1v) is 7.85. The van der Waals surface area contributed by atoms with E-state index in [9.17, 15) is 0 Å². The van der Waals surface area contributed by atoms with Gasteiger partial charge < -0.3 is 10.1 Å². The molecule has 1 aliphatic rings. The molecule has 0 bridgehead atoms. The summed E-state index contributed by atoms with van der Waals surface area (Å²) in [5, 5.41) is 3.72. The van der Waals surface area contributed by atoms with Crippen LogP contribution >= 0.6 is 0 Å². The van der Waals surface area contributed by atoms with Gasteiger partial charge in [-0.05, 0) is 43.6 Å². The molecule has 18 heavy (non-hydrogen) atoms. The van der Waals surface area contributed by atoms with E-state index in [0.29, 0.717) is 11.5 Å². The molecule has 0 saturated carbocycles. The van der Waals surface area contributed by atoms with E-state index in [-0.39, 0.29) is 0 Å². The Morgan fingerprint density at radius 2 is 1.89 bits per heavy atom. The quantitative estimate of drug-likeness (QED) is 0.742. The Morgan fingerprint density at radius 3 is 2.44 bits per heavy atom. The van der Waals surface area contributed by atoms with Gasteiger partial charge in [0.2, 0.25) is 0 Å². The summed E-state index contributed by atoms with van der Waals surface area (Å²) in [6, 6.07) is 0.664. The summed E-state index contributed by atoms with van der Waals surface area (Å²) in [4.78, 5) is 0. The normalized spacial score (nSPS) is 20.0. The number of hydrogen-bond acceptors (Lipinski definition) is 2. The van der Waals surface area contributed by atoms with Crippen LogP contribution < -0.4 is 5.32 Å². The van der Waals surface area contributed by atoms with Gasteiger partial charge in [0, 0.05) is 19.3 Å². The van der Waals surface area contributed by atoms with E-state index in [0.717, 1.165) is 25.7 Å². The maximum atomic E-state index is 5.42. The van der Waals surface area contributed by atoms with Gasteiger partial charge >= 0.3 is 0 Å². The van der Waals surface area contributed by atoms with E-state index in [1.165, 1.54) is 38.5 Å². The summed E-state index contributed by atoms with van der Waals surface area (Å²) in [5.74, 6) is 0.922. The fourth-order valence-electron chi connectivity index (χ4n) is 2.81. The highest BCUT2D eigenvalue weighted by Gasteiger charge is 2.24. The average Bonchev–Trinajstić information content (AvgIpc) is 2.33. The van der Waals surface area contributed by atoms with Crippen LogP contribution in [0.2, 0.25) is 0 Å². The zero-order valence-corrected chi connectivity index (χ0v) is 12.9. The SMILES string of the molecule is CCCNC(CCCC1CCOCC1)C(C)(C)C. The lowest BCUT2D eigenvalue weighted by Crippen LogP contribution is -2.40. The summed E-state index contributed by atoms with van der Waals surface area (Å²) in [5.41, 5.74) is 0.380. The molecule has 1 unspecified atom stereocenters. The van der Waals surface area contributed by atoms with Gasteiger partial charge in [0.25, 0.3) is 0 Å². The molecule has 1 atom stereocenters. The Labute approximate surface area is 114 Å². The first-order valence-electron chi connectivity index (χ1n) is 7.85. The van der Waals surface area contributed by atoms with Crippen LogP contribution in [0, 0.1) is 11.3 Å². The van der Waals surface area contributed by atoms with Crippen molar-refractivity contribution in [1.82, 2.24) is 5.32 Å². The second kappa shape index (κ2) is 8.16. The number of nitrogens with one attached hydrogen (secondary N) is 1. The molecule has 0 spiro atoms. The summed E-state index contributed by atoms with van der Waals surface area (Å²) < 4.78 is 5.42. The third-order valence-electron chi connectivity index (χ3n) is 4.13. The Morgan fingerprint density at radius 1 is 1.22 bits per heavy atom. The molecule has 0 radical (unpaired) electrons. The Bertz CT molecular complexity index is 204. The first kappa shape index (κ1) is 16.0. The van der Waals surface area contributed by atoms with Crippen LogP contribution in [0.1, 0.15) is 66.2 Å². The first-order chi connectivity index (χ1) is 8.54. The number of ether oxygens (including phenoxy) is 1. The molecule has 0 aromatic rings. The summed E-state index contributed by atoms with van der Waals surface area (Å²) in [6.07, 6.45) is 7.87. The Balaban J connectivity index is 2.23. The van der Waals surface area contributed by atoms with E-state index in [2.05, 4.69) is 33.0 Å². The summed E-state index contributed by atoms with van der Waals surface area (Å²) >= 11 is 0. The second-order valence-electron chi connectivity index (χ2n) is 6.86. The second-order valence-corrected chi connectivity index (χ2v) is 6.86. The molecule has 1 rings (SSSR count). The fraction of sp³-hybridized carbons (Fsp3) is 1.00. The third-order valence-corrected chi connectivity index (χ3v) is 4.13. The van der Waals surface area contributed by atoms with Crippen LogP contribution in [0.3, 0.4) is 0 Å². The maximum absolute atomic E-state index is 5.42. The number of rotatable bonds is 7. The van der Waals surface area contributed by atoms with Crippen molar-refractivity contribution in [3.8, 4) is 0 Å². The van der Waals surface area contributed by atoms with Gasteiger partial charge in [0.1, 0.15) is 0 Å². The Kier molecular flexibility index (Phi) is 7.25. The molecule has 2 nitrogen and oxygen atoms in total. The standard InChI is InChI=1S/C16H33NO/c1-5-11-17-15(16(2,3)4)8-6-7-14-9-12-18-13-10-14/h14-15,17H,5-13H2,1-4H3. The van der Waals surface area contributed by atoms with Gasteiger partial charge in [-0.25, -0.2) is 0 Å². The van der Waals surface area contributed by atoms with Crippen molar-refractivity contribution in [2.24, 2.45) is 11.3 Å². The molecule has 1 heterocycles. The molecule has 1 N–H and O–H groups in total. The van der Waals surface area contributed by atoms with Crippen molar-refractivity contribution < 1.29 is 4.74 Å². The molecule has 108 valence electrons. The van der Waals surface area contributed by atoms with Gasteiger partial charge in [0.15, 0.2) is 0 Å². The van der Waals surface area contributed by atoms with Crippen molar-refractivity contribution >= 4 is 0 Å². The molecule has 0 aromatic heterocycles. The molecule has 0 aliphatic carbocycles. The largest absolute Gasteiger partial charge is 0.381 e. The minimum absolute atomic E-state index is 0.380. The van der Waals surface area contributed by atoms with E-state index in [1.54, 1.807) is 0 Å². The number of hydrogen-bond donors (Lipinski definition) is 1. The molecule has 0 aromatic carbocycles. The summed E-state index contributed by atoms with van der Waals surface area (Å²) in [6.45, 7) is 12.4. The fourth-order valence-corrected chi connectivity index (χ4v) is 2.81. The van der Waals surface area contributed by atoms with E-state index < -0.39 is 0 Å². The molecule has 2 heteroatoms. The van der Waals surface area contributed by atoms with E-state index in [1.807, 2.05) is 0 Å². The van der Waals surface area contributed by atoms with Gasteiger partial charge in [-0.3, -0.25) is 0 Å². The molecule has 1 fully saturated rings. The molecular formula is C16H33NO. The summed E-state index contributed by atoms with van der Waals surface area (Å²) in [7, 11) is 0. The zero-order chi connectivity index (χ0) is 13.4. The van der Waals surface area contributed by atoms with E-state index >= 15 is 0 Å². The van der Waals surface area contributed by atoms with E-state index in [4.69, 9.17) is 4.74 Å². The highest BCUT2D eigenvalue weighted by atomic mass is 16.5. The third kappa shape index (κ3) is 6.19. The molecular weight excluding hydrogens is 222 g/mol. The minimum atomic E-state index is 0.380. The zero-order valence-electron chi connectivity index (χ0n) is 12.9. The van der Waals surface area contributed by atoms with Crippen LogP contribution in [-0.2, 0) is 4.74 Å². The van der Waals surface area contributed by atoms with Crippen molar-refractivity contribution in [1.29, 1.82) is 0 Å². The minimum Gasteiger partial charge on any atom is -0.381 e. The van der Waals surface area contributed by atoms with Crippen molar-refractivity contribution in [2.45, 2.75) is 72.3 Å². The molecule has 1 aliphatic heterocycles. The van der Waals surface area contributed by atoms with Gasteiger partial charge in [-0.1, -0.05) is 40.5 Å². The Hall–Kier alpha value is -0.0800. The van der Waals surface area contributed by atoms with Crippen molar-refractivity contribution in [2.75, 3.05) is 19.8 Å². The lowest BCUT2D eigenvalue weighted by molar-refractivity contribution is 0.0624. The lowest BCUT2D eigenvalue weighted by Gasteiger charge is -2.32. The van der Waals surface area contributed by atoms with Crippen LogP contribution in [0.5, 0.6) is 0 Å². The molecule has 1 saturated heterocycles. The highest BCUT2D eigenvalue weighted by Crippen LogP contribution is 2.26. The van der Waals surface area contributed by atoms with Crippen LogP contribution in [-0.4, -0.2) is 25.8 Å². The highest BCUT2D eigenvalue weighted by molar-refractivity contribution is 4.80.